The van der Waals surface area contributed by atoms with Crippen LogP contribution in [0.4, 0.5) is 5.13 Å². The van der Waals surface area contributed by atoms with Crippen molar-refractivity contribution in [2.24, 2.45) is 22.6 Å². The Morgan fingerprint density at radius 2 is 1.89 bits per heavy atom. The average molecular weight is 385 g/mol. The van der Waals surface area contributed by atoms with E-state index < -0.39 is 5.91 Å². The number of aliphatic imine (C=N–C) groups is 1. The van der Waals surface area contributed by atoms with Crippen molar-refractivity contribution in [2.45, 2.75) is 25.7 Å². The van der Waals surface area contributed by atoms with Crippen molar-refractivity contribution in [1.29, 1.82) is 0 Å². The van der Waals surface area contributed by atoms with Gasteiger partial charge in [0, 0.05) is 0 Å². The van der Waals surface area contributed by atoms with Crippen LogP contribution in [0.3, 0.4) is 0 Å². The standard InChI is InChI=1S/C18H19N5O3S/c19-17(22-18-20-12-7-3-4-8-13(12)27-18)21-14(24)9-23-15(25)10-5-1-2-6-11(10)16(23)26/h3-4,7-8,10-11H,1-2,5-6,9H2,(H3,19,20,21,22,24)/t10-,11-/m0/s1. The number of carbonyl (C=O) groups excluding carboxylic acids is 3. The topological polar surface area (TPSA) is 118 Å². The number of nitrogens with two attached hydrogens (primary N) is 1. The number of fused-ring (bicyclic) bond motifs is 2. The second-order valence-electron chi connectivity index (χ2n) is 6.77. The second kappa shape index (κ2) is 7.07. The summed E-state index contributed by atoms with van der Waals surface area (Å²) in [5.41, 5.74) is 6.59. The summed E-state index contributed by atoms with van der Waals surface area (Å²) in [6.07, 6.45) is 3.33. The fourth-order valence-corrected chi connectivity index (χ4v) is 4.60. The van der Waals surface area contributed by atoms with Crippen molar-refractivity contribution in [3.63, 3.8) is 0 Å². The number of hydrogen-bond donors (Lipinski definition) is 2. The number of rotatable bonds is 3. The van der Waals surface area contributed by atoms with E-state index in [9.17, 15) is 14.4 Å². The predicted molar refractivity (Wildman–Crippen MR) is 101 cm³/mol. The summed E-state index contributed by atoms with van der Waals surface area (Å²) in [6, 6.07) is 7.57. The Balaban J connectivity index is 1.41. The van der Waals surface area contributed by atoms with E-state index >= 15 is 0 Å². The number of likely N-dealkylation sites (tertiary alicyclic amines) is 1. The molecule has 1 saturated heterocycles. The lowest BCUT2D eigenvalue weighted by Crippen LogP contribution is -2.45. The third-order valence-corrected chi connectivity index (χ3v) is 5.93. The zero-order chi connectivity index (χ0) is 19.0. The van der Waals surface area contributed by atoms with Crippen molar-refractivity contribution < 1.29 is 14.4 Å². The van der Waals surface area contributed by atoms with Gasteiger partial charge in [0.25, 0.3) is 0 Å². The molecule has 3 amide bonds. The van der Waals surface area contributed by atoms with Gasteiger partial charge in [-0.2, -0.15) is 4.99 Å². The number of imide groups is 1. The predicted octanol–water partition coefficient (Wildman–Crippen LogP) is 1.53. The maximum Gasteiger partial charge on any atom is 0.246 e. The minimum Gasteiger partial charge on any atom is -0.369 e. The van der Waals surface area contributed by atoms with Crippen molar-refractivity contribution in [2.75, 3.05) is 6.54 Å². The Morgan fingerprint density at radius 3 is 2.56 bits per heavy atom. The molecule has 2 fully saturated rings. The van der Waals surface area contributed by atoms with Crippen LogP contribution in [0.2, 0.25) is 0 Å². The summed E-state index contributed by atoms with van der Waals surface area (Å²) >= 11 is 1.35. The van der Waals surface area contributed by atoms with Crippen molar-refractivity contribution in [3.8, 4) is 0 Å². The molecule has 2 heterocycles. The fourth-order valence-electron chi connectivity index (χ4n) is 3.75. The third-order valence-electron chi connectivity index (χ3n) is 5.00. The van der Waals surface area contributed by atoms with Crippen molar-refractivity contribution >= 4 is 50.4 Å². The number of para-hydroxylation sites is 1. The molecule has 1 aliphatic heterocycles. The SMILES string of the molecule is NC(=Nc1nc2ccccc2s1)NC(=O)CN1C(=O)[C@H]2CCCC[C@@H]2C1=O. The first kappa shape index (κ1) is 17.6. The second-order valence-corrected chi connectivity index (χ2v) is 7.78. The van der Waals surface area contributed by atoms with Gasteiger partial charge in [-0.15, -0.1) is 0 Å². The van der Waals surface area contributed by atoms with Crippen LogP contribution in [-0.4, -0.2) is 40.1 Å². The summed E-state index contributed by atoms with van der Waals surface area (Å²) in [5.74, 6) is -1.70. The summed E-state index contributed by atoms with van der Waals surface area (Å²) in [6.45, 7) is -0.333. The first-order valence-electron chi connectivity index (χ1n) is 8.88. The van der Waals surface area contributed by atoms with Gasteiger partial charge >= 0.3 is 0 Å². The molecule has 2 aliphatic rings. The molecule has 0 spiro atoms. The van der Waals surface area contributed by atoms with Gasteiger partial charge in [0.15, 0.2) is 0 Å². The van der Waals surface area contributed by atoms with Gasteiger partial charge in [0.1, 0.15) is 6.54 Å². The Kier molecular flexibility index (Phi) is 4.61. The molecule has 9 heteroatoms. The Labute approximate surface area is 159 Å². The molecule has 1 aromatic heterocycles. The van der Waals surface area contributed by atoms with Gasteiger partial charge in [0.2, 0.25) is 28.8 Å². The number of nitrogens with one attached hydrogen (secondary N) is 1. The zero-order valence-electron chi connectivity index (χ0n) is 14.6. The van der Waals surface area contributed by atoms with Crippen LogP contribution in [0.5, 0.6) is 0 Å². The van der Waals surface area contributed by atoms with Crippen LogP contribution in [0.15, 0.2) is 29.3 Å². The highest BCUT2D eigenvalue weighted by molar-refractivity contribution is 7.22. The van der Waals surface area contributed by atoms with Gasteiger partial charge < -0.3 is 5.73 Å². The van der Waals surface area contributed by atoms with Gasteiger partial charge in [0.05, 0.1) is 22.1 Å². The molecule has 1 aromatic carbocycles. The maximum atomic E-state index is 12.4. The summed E-state index contributed by atoms with van der Waals surface area (Å²) < 4.78 is 0.964. The molecular formula is C18H19N5O3S. The number of hydrogen-bond acceptors (Lipinski definition) is 6. The number of guanidine groups is 1. The normalized spacial score (nSPS) is 23.0. The number of amides is 3. The lowest BCUT2D eigenvalue weighted by atomic mass is 9.81. The lowest BCUT2D eigenvalue weighted by molar-refractivity contribution is -0.143. The van der Waals surface area contributed by atoms with E-state index in [0.29, 0.717) is 18.0 Å². The monoisotopic (exact) mass is 385 g/mol. The highest BCUT2D eigenvalue weighted by atomic mass is 32.1. The molecule has 27 heavy (non-hydrogen) atoms. The molecule has 0 unspecified atom stereocenters. The average Bonchev–Trinajstić information content (AvgIpc) is 3.16. The summed E-state index contributed by atoms with van der Waals surface area (Å²) in [4.78, 5) is 46.5. The van der Waals surface area contributed by atoms with E-state index in [1.54, 1.807) is 0 Å². The molecule has 140 valence electrons. The molecule has 0 radical (unpaired) electrons. The van der Waals surface area contributed by atoms with E-state index in [-0.39, 0.29) is 36.2 Å². The van der Waals surface area contributed by atoms with E-state index in [4.69, 9.17) is 5.73 Å². The van der Waals surface area contributed by atoms with Crippen molar-refractivity contribution in [3.05, 3.63) is 24.3 Å². The number of aromatic nitrogens is 1. The minimum absolute atomic E-state index is 0.115. The van der Waals surface area contributed by atoms with E-state index in [1.165, 1.54) is 11.3 Å². The highest BCUT2D eigenvalue weighted by Crippen LogP contribution is 2.37. The van der Waals surface area contributed by atoms with Crippen LogP contribution in [-0.2, 0) is 14.4 Å². The quantitative estimate of drug-likeness (QED) is 0.472. The zero-order valence-corrected chi connectivity index (χ0v) is 15.4. The van der Waals surface area contributed by atoms with E-state index in [1.807, 2.05) is 24.3 Å². The number of nitrogens with zero attached hydrogens (tertiary/aromatic N) is 3. The largest absolute Gasteiger partial charge is 0.369 e. The lowest BCUT2D eigenvalue weighted by Gasteiger charge is -2.19. The minimum atomic E-state index is -0.544. The third kappa shape index (κ3) is 3.42. The fraction of sp³-hybridized carbons (Fsp3) is 0.389. The first-order chi connectivity index (χ1) is 13.0. The molecule has 2 atom stereocenters. The van der Waals surface area contributed by atoms with Crippen LogP contribution >= 0.6 is 11.3 Å². The molecule has 3 N–H and O–H groups in total. The molecule has 0 bridgehead atoms. The smallest absolute Gasteiger partial charge is 0.246 e. The molecule has 2 aromatic rings. The Hall–Kier alpha value is -2.81. The maximum absolute atomic E-state index is 12.4. The van der Waals surface area contributed by atoms with Crippen LogP contribution in [0.1, 0.15) is 25.7 Å². The molecule has 4 rings (SSSR count). The van der Waals surface area contributed by atoms with Gasteiger partial charge in [-0.25, -0.2) is 4.98 Å². The van der Waals surface area contributed by atoms with Crippen molar-refractivity contribution in [1.82, 2.24) is 15.2 Å². The van der Waals surface area contributed by atoms with Gasteiger partial charge in [-0.05, 0) is 25.0 Å². The first-order valence-corrected chi connectivity index (χ1v) is 9.69. The molecule has 1 saturated carbocycles. The molecular weight excluding hydrogens is 366 g/mol. The number of benzene rings is 1. The van der Waals surface area contributed by atoms with Gasteiger partial charge in [-0.3, -0.25) is 24.6 Å². The summed E-state index contributed by atoms with van der Waals surface area (Å²) in [7, 11) is 0. The highest BCUT2D eigenvalue weighted by Gasteiger charge is 2.48. The van der Waals surface area contributed by atoms with Crippen LogP contribution in [0.25, 0.3) is 10.2 Å². The van der Waals surface area contributed by atoms with Crippen LogP contribution < -0.4 is 11.1 Å². The Morgan fingerprint density at radius 1 is 1.22 bits per heavy atom. The summed E-state index contributed by atoms with van der Waals surface area (Å²) in [5, 5.41) is 2.86. The Bertz CT molecular complexity index is 896. The van der Waals surface area contributed by atoms with E-state index in [2.05, 4.69) is 15.3 Å². The number of carbonyl (C=O) groups is 3. The number of thiazole rings is 1. The molecule has 1 aliphatic carbocycles. The van der Waals surface area contributed by atoms with Gasteiger partial charge in [-0.1, -0.05) is 36.3 Å². The van der Waals surface area contributed by atoms with Crippen LogP contribution in [0, 0.1) is 11.8 Å². The molecule has 8 nitrogen and oxygen atoms in total. The van der Waals surface area contributed by atoms with E-state index in [0.717, 1.165) is 28.0 Å².